The van der Waals surface area contributed by atoms with Gasteiger partial charge in [-0.15, -0.1) is 11.3 Å². The molecule has 1 aromatic heterocycles. The molecule has 0 spiro atoms. The topological polar surface area (TPSA) is 36.5 Å². The number of hydrogen-bond acceptors (Lipinski definition) is 5. The van der Waals surface area contributed by atoms with Crippen molar-refractivity contribution in [3.8, 4) is 28.7 Å². The monoisotopic (exact) mass is 577 g/mol. The van der Waals surface area contributed by atoms with Crippen LogP contribution in [-0.4, -0.2) is 64.2 Å². The molecule has 4 aromatic rings. The van der Waals surface area contributed by atoms with E-state index >= 15 is 0 Å². The summed E-state index contributed by atoms with van der Waals surface area (Å²) in [5.41, 5.74) is 3.68. The van der Waals surface area contributed by atoms with E-state index in [0.29, 0.717) is 13.1 Å². The zero-order chi connectivity index (χ0) is 28.2. The number of alkyl halides is 1. The first-order chi connectivity index (χ1) is 19.3. The van der Waals surface area contributed by atoms with E-state index in [4.69, 9.17) is 4.74 Å². The maximum atomic E-state index is 14.9. The van der Waals surface area contributed by atoms with Crippen LogP contribution in [-0.2, 0) is 0 Å². The molecule has 4 nitrogen and oxygen atoms in total. The number of methoxy groups -OCH3 is 1. The van der Waals surface area contributed by atoms with Gasteiger partial charge in [0.15, 0.2) is 0 Å². The Morgan fingerprint density at radius 3 is 2.62 bits per heavy atom. The minimum atomic E-state index is -0.941. The minimum absolute atomic E-state index is 0.214. The molecule has 8 heteroatoms. The van der Waals surface area contributed by atoms with Crippen molar-refractivity contribution in [1.82, 2.24) is 4.90 Å². The van der Waals surface area contributed by atoms with Crippen molar-refractivity contribution >= 4 is 46.0 Å². The summed E-state index contributed by atoms with van der Waals surface area (Å²) in [6, 6.07) is 18.6. The molecule has 2 N–H and O–H groups in total. The molecule has 0 saturated carbocycles. The second-order valence-electron chi connectivity index (χ2n) is 10.2. The predicted molar refractivity (Wildman–Crippen MR) is 168 cm³/mol. The molecule has 2 atom stereocenters. The Morgan fingerprint density at radius 1 is 1.10 bits per heavy atom. The highest BCUT2D eigenvalue weighted by Gasteiger charge is 2.28. The second-order valence-corrected chi connectivity index (χ2v) is 13.6. The highest BCUT2D eigenvalue weighted by atomic mass is 32.1. The molecule has 1 aliphatic heterocycles. The molecule has 40 heavy (non-hydrogen) atoms. The molecule has 1 saturated heterocycles. The summed E-state index contributed by atoms with van der Waals surface area (Å²) >= 11 is 1.59. The number of benzene rings is 3. The van der Waals surface area contributed by atoms with Crippen LogP contribution in [0.3, 0.4) is 0 Å². The third-order valence-electron chi connectivity index (χ3n) is 7.20. The minimum Gasteiger partial charge on any atom is -0.495 e. The van der Waals surface area contributed by atoms with E-state index in [-0.39, 0.29) is 19.8 Å². The van der Waals surface area contributed by atoms with Crippen LogP contribution in [0.25, 0.3) is 21.2 Å². The van der Waals surface area contributed by atoms with Gasteiger partial charge in [0.25, 0.3) is 0 Å². The summed E-state index contributed by atoms with van der Waals surface area (Å²) in [6.45, 7) is 6.15. The van der Waals surface area contributed by atoms with Crippen LogP contribution in [0.5, 0.6) is 5.75 Å². The number of rotatable bonds is 7. The maximum Gasteiger partial charge on any atom is 0.142 e. The van der Waals surface area contributed by atoms with E-state index in [0.717, 1.165) is 56.2 Å². The fraction of sp³-hybridized carbons (Fsp3) is 0.312. The smallest absolute Gasteiger partial charge is 0.142 e. The van der Waals surface area contributed by atoms with Crippen molar-refractivity contribution in [2.45, 2.75) is 18.6 Å². The number of nitrogens with zero attached hydrogens (tertiary/aromatic N) is 1. The Kier molecular flexibility index (Phi) is 8.90. The molecule has 0 amide bonds. The van der Waals surface area contributed by atoms with E-state index in [1.807, 2.05) is 30.1 Å². The highest BCUT2D eigenvalue weighted by molar-refractivity contribution is 7.64. The van der Waals surface area contributed by atoms with Crippen LogP contribution in [0.1, 0.15) is 11.3 Å². The van der Waals surface area contributed by atoms with E-state index in [9.17, 15) is 8.78 Å². The van der Waals surface area contributed by atoms with Gasteiger partial charge in [-0.3, -0.25) is 0 Å². The molecule has 2 heterocycles. The zero-order valence-electron chi connectivity index (χ0n) is 23.2. The number of halogens is 2. The summed E-state index contributed by atoms with van der Waals surface area (Å²) in [4.78, 5) is 2.92. The number of piperidine rings is 1. The molecule has 0 bridgehead atoms. The van der Waals surface area contributed by atoms with Crippen LogP contribution >= 0.6 is 19.3 Å². The van der Waals surface area contributed by atoms with Gasteiger partial charge >= 0.3 is 0 Å². The van der Waals surface area contributed by atoms with Crippen molar-refractivity contribution < 1.29 is 13.5 Å². The SMILES string of the molecule is COc1cc(P(C)C)ccc1NCC#Cc1sc2c(NC3CCN(C)C[C@@H]3F)cccc2c1-c1ccc(F)cc1. The lowest BCUT2D eigenvalue weighted by molar-refractivity contribution is 0.149. The number of hydrogen-bond donors (Lipinski definition) is 2. The van der Waals surface area contributed by atoms with Crippen molar-refractivity contribution in [2.24, 2.45) is 0 Å². The fourth-order valence-electron chi connectivity index (χ4n) is 5.01. The number of nitrogens with one attached hydrogen (secondary N) is 2. The van der Waals surface area contributed by atoms with E-state index < -0.39 is 6.17 Å². The third-order valence-corrected chi connectivity index (χ3v) is 9.67. The molecule has 3 aromatic carbocycles. The first kappa shape index (κ1) is 28.4. The molecule has 208 valence electrons. The van der Waals surface area contributed by atoms with Crippen molar-refractivity contribution in [3.63, 3.8) is 0 Å². The third kappa shape index (κ3) is 6.25. The second kappa shape index (κ2) is 12.6. The van der Waals surface area contributed by atoms with E-state index in [1.165, 1.54) is 17.4 Å². The molecular formula is C32H34F2N3OPS. The summed E-state index contributed by atoms with van der Waals surface area (Å²) in [6.07, 6.45) is -0.200. The standard InChI is InChI=1S/C32H34F2N3OPS/c1-37-18-16-26(25(34)20-37)36-28-8-5-7-24-31(21-10-12-22(33)13-11-21)30(40-32(24)28)9-6-17-35-27-15-14-23(39(3)4)19-29(27)38-2/h5,7-8,10-15,19,25-26,35-36H,16-18,20H2,1-4H3/t25-,26?/m0/s1. The number of anilines is 2. The Hall–Kier alpha value is -3.17. The van der Waals surface area contributed by atoms with Crippen LogP contribution in [0, 0.1) is 17.7 Å². The van der Waals surface area contributed by atoms with Crippen LogP contribution in [0.4, 0.5) is 20.2 Å². The van der Waals surface area contributed by atoms with E-state index in [2.05, 4.69) is 54.0 Å². The van der Waals surface area contributed by atoms with Crippen molar-refractivity contribution in [1.29, 1.82) is 0 Å². The Labute approximate surface area is 240 Å². The largest absolute Gasteiger partial charge is 0.495 e. The fourth-order valence-corrected chi connectivity index (χ4v) is 6.93. The molecule has 5 rings (SSSR count). The van der Waals surface area contributed by atoms with Gasteiger partial charge in [0.2, 0.25) is 0 Å². The van der Waals surface area contributed by atoms with Gasteiger partial charge in [0.1, 0.15) is 17.7 Å². The van der Waals surface area contributed by atoms with Crippen LogP contribution in [0.15, 0.2) is 60.7 Å². The van der Waals surface area contributed by atoms with Crippen LogP contribution in [0.2, 0.25) is 0 Å². The van der Waals surface area contributed by atoms with Gasteiger partial charge in [0, 0.05) is 24.0 Å². The first-order valence-corrected chi connectivity index (χ1v) is 16.4. The predicted octanol–water partition coefficient (Wildman–Crippen LogP) is 7.00. The van der Waals surface area contributed by atoms with Gasteiger partial charge < -0.3 is 20.3 Å². The van der Waals surface area contributed by atoms with Crippen molar-refractivity contribution in [3.05, 3.63) is 71.4 Å². The van der Waals surface area contributed by atoms with Gasteiger partial charge in [-0.05, 0) is 68.0 Å². The van der Waals surface area contributed by atoms with Gasteiger partial charge in [0.05, 0.1) is 40.6 Å². The Balaban J connectivity index is 1.46. The van der Waals surface area contributed by atoms with Gasteiger partial charge in [-0.1, -0.05) is 50.1 Å². The summed E-state index contributed by atoms with van der Waals surface area (Å²) < 4.78 is 35.3. The summed E-state index contributed by atoms with van der Waals surface area (Å²) in [5, 5.41) is 9.17. The number of ether oxygens (including phenoxy) is 1. The molecule has 1 unspecified atom stereocenters. The Bertz CT molecular complexity index is 1540. The van der Waals surface area contributed by atoms with Crippen LogP contribution < -0.4 is 20.7 Å². The maximum absolute atomic E-state index is 14.9. The quantitative estimate of drug-likeness (QED) is 0.183. The zero-order valence-corrected chi connectivity index (χ0v) is 24.9. The average molecular weight is 578 g/mol. The molecular weight excluding hydrogens is 543 g/mol. The lowest BCUT2D eigenvalue weighted by atomic mass is 10.0. The number of likely N-dealkylation sites (tertiary alicyclic amines) is 1. The summed E-state index contributed by atoms with van der Waals surface area (Å²) in [5.74, 6) is 7.16. The molecule has 0 aliphatic carbocycles. The lowest BCUT2D eigenvalue weighted by Crippen LogP contribution is -2.46. The van der Waals surface area contributed by atoms with Gasteiger partial charge in [-0.25, -0.2) is 8.78 Å². The normalized spacial score (nSPS) is 17.5. The van der Waals surface area contributed by atoms with E-state index in [1.54, 1.807) is 30.6 Å². The molecule has 0 radical (unpaired) electrons. The van der Waals surface area contributed by atoms with Crippen molar-refractivity contribution in [2.75, 3.05) is 57.8 Å². The first-order valence-electron chi connectivity index (χ1n) is 13.3. The average Bonchev–Trinajstić information content (AvgIpc) is 3.32. The highest BCUT2D eigenvalue weighted by Crippen LogP contribution is 2.42. The lowest BCUT2D eigenvalue weighted by Gasteiger charge is -2.33. The van der Waals surface area contributed by atoms with Gasteiger partial charge in [-0.2, -0.15) is 0 Å². The molecule has 1 aliphatic rings. The number of thiophene rings is 1. The summed E-state index contributed by atoms with van der Waals surface area (Å²) in [7, 11) is 3.42. The number of fused-ring (bicyclic) bond motifs is 1. The molecule has 1 fully saturated rings. The Morgan fingerprint density at radius 2 is 1.90 bits per heavy atom.